The van der Waals surface area contributed by atoms with E-state index < -0.39 is 21.7 Å². The van der Waals surface area contributed by atoms with Crippen LogP contribution >= 0.6 is 0 Å². The molecular weight excluding hydrogens is 412 g/mol. The lowest BCUT2D eigenvalue weighted by atomic mass is 9.90. The molecule has 1 aliphatic heterocycles. The van der Waals surface area contributed by atoms with E-state index in [4.69, 9.17) is 9.88 Å². The standard InChI is InChI=1S/C24H30N2O4S/c1-5-21(23(27)30-24(2,3)4)26-14-13-18-16-19(31(25,28)29)11-12-20(18)22(26)15-17-9-7-6-8-10-17/h6-14,16,21-22H,5,15H2,1-4H3,(H2,25,28,29)/t21-,22?/m1/s1. The number of carbonyl (C=O) groups excluding carboxylic acids is 1. The first kappa shape index (κ1) is 23.0. The van der Waals surface area contributed by atoms with Gasteiger partial charge in [-0.05, 0) is 68.5 Å². The molecule has 0 saturated carbocycles. The van der Waals surface area contributed by atoms with Crippen LogP contribution in [0, 0.1) is 0 Å². The topological polar surface area (TPSA) is 89.7 Å². The van der Waals surface area contributed by atoms with E-state index in [0.717, 1.165) is 16.7 Å². The van der Waals surface area contributed by atoms with Gasteiger partial charge in [-0.15, -0.1) is 0 Å². The van der Waals surface area contributed by atoms with Crippen LogP contribution in [0.25, 0.3) is 6.08 Å². The largest absolute Gasteiger partial charge is 0.458 e. The second-order valence-electron chi connectivity index (χ2n) is 8.76. The third-order valence-corrected chi connectivity index (χ3v) is 6.14. The summed E-state index contributed by atoms with van der Waals surface area (Å²) in [5, 5.41) is 5.32. The number of rotatable bonds is 6. The maximum atomic E-state index is 13.0. The van der Waals surface area contributed by atoms with Crippen molar-refractivity contribution in [3.8, 4) is 0 Å². The first-order chi connectivity index (χ1) is 14.5. The Bertz CT molecular complexity index is 1070. The van der Waals surface area contributed by atoms with Crippen LogP contribution in [0.1, 0.15) is 56.8 Å². The summed E-state index contributed by atoms with van der Waals surface area (Å²) < 4.78 is 29.3. The lowest BCUT2D eigenvalue weighted by molar-refractivity contribution is -0.161. The molecule has 6 nitrogen and oxygen atoms in total. The minimum absolute atomic E-state index is 0.0713. The Kier molecular flexibility index (Phi) is 6.57. The molecular formula is C24H30N2O4S. The second-order valence-corrected chi connectivity index (χ2v) is 10.3. The Labute approximate surface area is 184 Å². The summed E-state index contributed by atoms with van der Waals surface area (Å²) in [6.45, 7) is 7.53. The van der Waals surface area contributed by atoms with Crippen LogP contribution in [-0.2, 0) is 26.0 Å². The minimum Gasteiger partial charge on any atom is -0.458 e. The molecule has 2 aromatic rings. The minimum atomic E-state index is -3.80. The molecule has 7 heteroatoms. The molecule has 2 aromatic carbocycles. The van der Waals surface area contributed by atoms with Crippen molar-refractivity contribution in [2.75, 3.05) is 0 Å². The van der Waals surface area contributed by atoms with Gasteiger partial charge in [0.15, 0.2) is 0 Å². The number of hydrogen-bond donors (Lipinski definition) is 1. The van der Waals surface area contributed by atoms with Gasteiger partial charge < -0.3 is 9.64 Å². The number of benzene rings is 2. The van der Waals surface area contributed by atoms with Gasteiger partial charge in [0.05, 0.1) is 10.9 Å². The maximum absolute atomic E-state index is 13.0. The van der Waals surface area contributed by atoms with Crippen molar-refractivity contribution >= 4 is 22.1 Å². The number of nitrogens with two attached hydrogens (primary N) is 1. The molecule has 166 valence electrons. The summed E-state index contributed by atoms with van der Waals surface area (Å²) in [7, 11) is -3.80. The van der Waals surface area contributed by atoms with Crippen LogP contribution in [0.4, 0.5) is 0 Å². The summed E-state index contributed by atoms with van der Waals surface area (Å²) in [5.41, 5.74) is 2.26. The maximum Gasteiger partial charge on any atom is 0.329 e. The number of primary sulfonamides is 1. The molecule has 3 rings (SSSR count). The molecule has 31 heavy (non-hydrogen) atoms. The van der Waals surface area contributed by atoms with Gasteiger partial charge in [0.2, 0.25) is 10.0 Å². The fourth-order valence-electron chi connectivity index (χ4n) is 3.85. The first-order valence-electron chi connectivity index (χ1n) is 10.4. The highest BCUT2D eigenvalue weighted by Crippen LogP contribution is 2.36. The van der Waals surface area contributed by atoms with Gasteiger partial charge in [0.1, 0.15) is 11.6 Å². The normalized spacial score (nSPS) is 17.2. The van der Waals surface area contributed by atoms with Crippen LogP contribution < -0.4 is 5.14 Å². The fourth-order valence-corrected chi connectivity index (χ4v) is 4.40. The molecule has 1 unspecified atom stereocenters. The van der Waals surface area contributed by atoms with Gasteiger partial charge in [0, 0.05) is 6.20 Å². The Balaban J connectivity index is 2.04. The second kappa shape index (κ2) is 8.85. The Morgan fingerprint density at radius 2 is 1.84 bits per heavy atom. The van der Waals surface area contributed by atoms with Crippen molar-refractivity contribution in [1.82, 2.24) is 4.90 Å². The number of sulfonamides is 1. The molecule has 0 spiro atoms. The SMILES string of the molecule is CC[C@H](C(=O)OC(C)(C)C)N1C=Cc2cc(S(N)(=O)=O)ccc2C1Cc1ccccc1. The van der Waals surface area contributed by atoms with Crippen molar-refractivity contribution in [3.05, 3.63) is 71.4 Å². The van der Waals surface area contributed by atoms with Crippen LogP contribution in [-0.4, -0.2) is 30.9 Å². The summed E-state index contributed by atoms with van der Waals surface area (Å²) in [6, 6.07) is 14.3. The third-order valence-electron chi connectivity index (χ3n) is 5.23. The van der Waals surface area contributed by atoms with Gasteiger partial charge in [-0.1, -0.05) is 43.3 Å². The average molecular weight is 443 g/mol. The fraction of sp³-hybridized carbons (Fsp3) is 0.375. The Morgan fingerprint density at radius 1 is 1.16 bits per heavy atom. The molecule has 0 fully saturated rings. The van der Waals surface area contributed by atoms with E-state index in [1.807, 2.05) is 75.2 Å². The summed E-state index contributed by atoms with van der Waals surface area (Å²) in [4.78, 5) is 15.1. The molecule has 0 bridgehead atoms. The van der Waals surface area contributed by atoms with Crippen molar-refractivity contribution in [2.45, 2.75) is 63.1 Å². The van der Waals surface area contributed by atoms with E-state index in [9.17, 15) is 13.2 Å². The van der Waals surface area contributed by atoms with Gasteiger partial charge in [-0.3, -0.25) is 0 Å². The molecule has 2 atom stereocenters. The van der Waals surface area contributed by atoms with Crippen LogP contribution in [0.5, 0.6) is 0 Å². The first-order valence-corrected chi connectivity index (χ1v) is 11.9. The van der Waals surface area contributed by atoms with E-state index in [-0.39, 0.29) is 16.9 Å². The van der Waals surface area contributed by atoms with Crippen molar-refractivity contribution in [3.63, 3.8) is 0 Å². The molecule has 0 aliphatic carbocycles. The van der Waals surface area contributed by atoms with Gasteiger partial charge in [-0.25, -0.2) is 18.4 Å². The molecule has 0 aromatic heterocycles. The Morgan fingerprint density at radius 3 is 2.42 bits per heavy atom. The predicted molar refractivity (Wildman–Crippen MR) is 121 cm³/mol. The van der Waals surface area contributed by atoms with E-state index in [1.54, 1.807) is 12.1 Å². The highest BCUT2D eigenvalue weighted by molar-refractivity contribution is 7.89. The zero-order valence-electron chi connectivity index (χ0n) is 18.4. The number of nitrogens with zero attached hydrogens (tertiary/aromatic N) is 1. The number of fused-ring (bicyclic) bond motifs is 1. The number of esters is 1. The summed E-state index contributed by atoms with van der Waals surface area (Å²) in [6.07, 6.45) is 4.93. The van der Waals surface area contributed by atoms with E-state index in [2.05, 4.69) is 0 Å². The zero-order chi connectivity index (χ0) is 22.8. The molecule has 2 N–H and O–H groups in total. The lowest BCUT2D eigenvalue weighted by Gasteiger charge is -2.40. The van der Waals surface area contributed by atoms with Crippen LogP contribution in [0.3, 0.4) is 0 Å². The highest BCUT2D eigenvalue weighted by Gasteiger charge is 2.35. The van der Waals surface area contributed by atoms with E-state index in [0.29, 0.717) is 12.8 Å². The zero-order valence-corrected chi connectivity index (χ0v) is 19.2. The molecule has 0 saturated heterocycles. The third kappa shape index (κ3) is 5.54. The predicted octanol–water partition coefficient (Wildman–Crippen LogP) is 4.02. The van der Waals surface area contributed by atoms with Crippen LogP contribution in [0.15, 0.2) is 59.6 Å². The smallest absolute Gasteiger partial charge is 0.329 e. The molecule has 1 aliphatic rings. The number of carbonyl (C=O) groups is 1. The van der Waals surface area contributed by atoms with E-state index in [1.165, 1.54) is 6.07 Å². The molecule has 0 amide bonds. The average Bonchev–Trinajstić information content (AvgIpc) is 2.68. The van der Waals surface area contributed by atoms with Crippen LogP contribution in [0.2, 0.25) is 0 Å². The van der Waals surface area contributed by atoms with E-state index >= 15 is 0 Å². The summed E-state index contributed by atoms with van der Waals surface area (Å²) >= 11 is 0. The number of ether oxygens (including phenoxy) is 1. The lowest BCUT2D eigenvalue weighted by Crippen LogP contribution is -2.44. The summed E-state index contributed by atoms with van der Waals surface area (Å²) in [5.74, 6) is -0.276. The monoisotopic (exact) mass is 442 g/mol. The van der Waals surface area contributed by atoms with Crippen molar-refractivity contribution in [1.29, 1.82) is 0 Å². The highest BCUT2D eigenvalue weighted by atomic mass is 32.2. The van der Waals surface area contributed by atoms with Crippen molar-refractivity contribution in [2.24, 2.45) is 5.14 Å². The van der Waals surface area contributed by atoms with Gasteiger partial charge in [-0.2, -0.15) is 0 Å². The quantitative estimate of drug-likeness (QED) is 0.683. The number of hydrogen-bond acceptors (Lipinski definition) is 5. The van der Waals surface area contributed by atoms with Gasteiger partial charge in [0.25, 0.3) is 0 Å². The van der Waals surface area contributed by atoms with Gasteiger partial charge >= 0.3 is 5.97 Å². The Hall–Kier alpha value is -2.64. The molecule has 1 heterocycles. The van der Waals surface area contributed by atoms with Crippen molar-refractivity contribution < 1.29 is 17.9 Å². The molecule has 0 radical (unpaired) electrons.